The molecule has 1 aromatic heterocycles. The fraction of sp³-hybridized carbons (Fsp3) is 0.267. The number of aromatic nitrogens is 1. The van der Waals surface area contributed by atoms with Crippen molar-refractivity contribution in [3.8, 4) is 0 Å². The molecule has 1 aromatic carbocycles. The molecule has 0 spiro atoms. The van der Waals surface area contributed by atoms with Gasteiger partial charge in [-0.05, 0) is 48.7 Å². The van der Waals surface area contributed by atoms with E-state index in [2.05, 4.69) is 20.9 Å². The van der Waals surface area contributed by atoms with Crippen molar-refractivity contribution in [2.75, 3.05) is 0 Å². The van der Waals surface area contributed by atoms with Crippen LogP contribution < -0.4 is 0 Å². The molecule has 1 atom stereocenters. The summed E-state index contributed by atoms with van der Waals surface area (Å²) >= 11 is 3.36. The minimum Gasteiger partial charge on any atom is -0.386 e. The molecule has 0 fully saturated rings. The lowest BCUT2D eigenvalue weighted by atomic mass is 10.0. The second-order valence-corrected chi connectivity index (χ2v) is 5.52. The van der Waals surface area contributed by atoms with Crippen molar-refractivity contribution in [3.05, 3.63) is 63.1 Å². The van der Waals surface area contributed by atoms with Crippen LogP contribution in [0.1, 0.15) is 28.5 Å². The van der Waals surface area contributed by atoms with Gasteiger partial charge in [-0.3, -0.25) is 4.98 Å². The summed E-state index contributed by atoms with van der Waals surface area (Å²) in [5.74, 6) is -0.306. The summed E-state index contributed by atoms with van der Waals surface area (Å²) in [4.78, 5) is 4.27. The molecule has 1 heterocycles. The first-order valence-electron chi connectivity index (χ1n) is 6.02. The number of pyridine rings is 1. The van der Waals surface area contributed by atoms with Crippen LogP contribution in [0.4, 0.5) is 4.39 Å². The molecule has 0 aliphatic carbocycles. The number of aryl methyl sites for hydroxylation is 2. The van der Waals surface area contributed by atoms with E-state index in [0.29, 0.717) is 12.1 Å². The lowest BCUT2D eigenvalue weighted by molar-refractivity contribution is 0.172. The molecule has 0 aliphatic heterocycles. The highest BCUT2D eigenvalue weighted by atomic mass is 79.9. The van der Waals surface area contributed by atoms with Crippen LogP contribution in [-0.2, 0) is 6.42 Å². The fourth-order valence-corrected chi connectivity index (χ4v) is 2.49. The summed E-state index contributed by atoms with van der Waals surface area (Å²) in [6.45, 7) is 3.87. The third-order valence-electron chi connectivity index (χ3n) is 2.99. The number of benzene rings is 1. The Bertz CT molecular complexity index is 601. The Labute approximate surface area is 120 Å². The molecule has 2 nitrogen and oxygen atoms in total. The highest BCUT2D eigenvalue weighted by molar-refractivity contribution is 9.10. The van der Waals surface area contributed by atoms with Gasteiger partial charge in [0.15, 0.2) is 0 Å². The monoisotopic (exact) mass is 323 g/mol. The van der Waals surface area contributed by atoms with Gasteiger partial charge in [0.25, 0.3) is 0 Å². The van der Waals surface area contributed by atoms with Gasteiger partial charge in [-0.25, -0.2) is 4.39 Å². The van der Waals surface area contributed by atoms with Crippen LogP contribution in [-0.4, -0.2) is 10.1 Å². The maximum Gasteiger partial charge on any atom is 0.123 e. The van der Waals surface area contributed by atoms with E-state index in [4.69, 9.17) is 0 Å². The van der Waals surface area contributed by atoms with Crippen molar-refractivity contribution in [3.63, 3.8) is 0 Å². The van der Waals surface area contributed by atoms with Crippen LogP contribution in [0.2, 0.25) is 0 Å². The number of hydrogen-bond acceptors (Lipinski definition) is 2. The van der Waals surface area contributed by atoms with E-state index >= 15 is 0 Å². The third kappa shape index (κ3) is 3.39. The summed E-state index contributed by atoms with van der Waals surface area (Å²) < 4.78 is 14.0. The standard InChI is InChI=1S/C15H15BrFNO/c1-9-5-10(2)15(18-8-9)14(19)7-11-6-12(17)3-4-13(11)16/h3-6,8,14,19H,7H2,1-2H3. The Morgan fingerprint density at radius 1 is 1.32 bits per heavy atom. The third-order valence-corrected chi connectivity index (χ3v) is 3.77. The molecule has 100 valence electrons. The van der Waals surface area contributed by atoms with Gasteiger partial charge in [0.1, 0.15) is 11.9 Å². The van der Waals surface area contributed by atoms with Gasteiger partial charge in [0.05, 0.1) is 5.69 Å². The van der Waals surface area contributed by atoms with E-state index in [-0.39, 0.29) is 5.82 Å². The maximum absolute atomic E-state index is 13.2. The Morgan fingerprint density at radius 2 is 2.05 bits per heavy atom. The molecule has 0 saturated heterocycles. The van der Waals surface area contributed by atoms with E-state index < -0.39 is 6.10 Å². The molecule has 1 N–H and O–H groups in total. The van der Waals surface area contributed by atoms with E-state index in [1.54, 1.807) is 12.3 Å². The van der Waals surface area contributed by atoms with E-state index in [1.165, 1.54) is 12.1 Å². The number of halogens is 2. The highest BCUT2D eigenvalue weighted by Gasteiger charge is 2.15. The van der Waals surface area contributed by atoms with E-state index in [9.17, 15) is 9.50 Å². The van der Waals surface area contributed by atoms with Gasteiger partial charge in [-0.15, -0.1) is 0 Å². The van der Waals surface area contributed by atoms with Gasteiger partial charge in [-0.1, -0.05) is 22.0 Å². The first-order valence-corrected chi connectivity index (χ1v) is 6.82. The average molecular weight is 324 g/mol. The van der Waals surface area contributed by atoms with Crippen LogP contribution in [0.25, 0.3) is 0 Å². The first-order chi connectivity index (χ1) is 8.97. The number of hydrogen-bond donors (Lipinski definition) is 1. The zero-order chi connectivity index (χ0) is 14.0. The molecule has 2 aromatic rings. The minimum atomic E-state index is -0.737. The van der Waals surface area contributed by atoms with Crippen molar-refractivity contribution in [2.45, 2.75) is 26.4 Å². The van der Waals surface area contributed by atoms with Crippen LogP contribution in [0, 0.1) is 19.7 Å². The Morgan fingerprint density at radius 3 is 2.74 bits per heavy atom. The molecule has 0 amide bonds. The largest absolute Gasteiger partial charge is 0.386 e. The van der Waals surface area contributed by atoms with Crippen molar-refractivity contribution in [1.29, 1.82) is 0 Å². The molecule has 4 heteroatoms. The van der Waals surface area contributed by atoms with Gasteiger partial charge in [-0.2, -0.15) is 0 Å². The summed E-state index contributed by atoms with van der Waals surface area (Å²) in [6, 6.07) is 6.44. The minimum absolute atomic E-state index is 0.306. The Hall–Kier alpha value is -1.26. The lowest BCUT2D eigenvalue weighted by Gasteiger charge is -2.14. The molecule has 19 heavy (non-hydrogen) atoms. The van der Waals surface area contributed by atoms with Crippen LogP contribution in [0.3, 0.4) is 0 Å². The molecule has 2 rings (SSSR count). The van der Waals surface area contributed by atoms with Crippen molar-refractivity contribution >= 4 is 15.9 Å². The number of rotatable bonds is 3. The fourth-order valence-electron chi connectivity index (χ4n) is 2.08. The van der Waals surface area contributed by atoms with E-state index in [0.717, 1.165) is 21.2 Å². The summed E-state index contributed by atoms with van der Waals surface area (Å²) in [7, 11) is 0. The van der Waals surface area contributed by atoms with Crippen molar-refractivity contribution < 1.29 is 9.50 Å². The normalized spacial score (nSPS) is 12.5. The Balaban J connectivity index is 2.25. The topological polar surface area (TPSA) is 33.1 Å². The molecule has 1 unspecified atom stereocenters. The molecule has 0 bridgehead atoms. The van der Waals surface area contributed by atoms with Crippen molar-refractivity contribution in [1.82, 2.24) is 4.98 Å². The summed E-state index contributed by atoms with van der Waals surface area (Å²) in [5.41, 5.74) is 3.37. The Kier molecular flexibility index (Phi) is 4.32. The SMILES string of the molecule is Cc1cnc(C(O)Cc2cc(F)ccc2Br)c(C)c1. The lowest BCUT2D eigenvalue weighted by Crippen LogP contribution is -2.07. The zero-order valence-electron chi connectivity index (χ0n) is 10.8. The molecule has 0 saturated carbocycles. The highest BCUT2D eigenvalue weighted by Crippen LogP contribution is 2.25. The van der Waals surface area contributed by atoms with Gasteiger partial charge >= 0.3 is 0 Å². The molecular weight excluding hydrogens is 309 g/mol. The average Bonchev–Trinajstić information content (AvgIpc) is 2.33. The molecule has 0 aliphatic rings. The number of nitrogens with zero attached hydrogens (tertiary/aromatic N) is 1. The predicted octanol–water partition coefficient (Wildman–Crippen LogP) is 3.88. The van der Waals surface area contributed by atoms with Crippen LogP contribution >= 0.6 is 15.9 Å². The zero-order valence-corrected chi connectivity index (χ0v) is 12.4. The number of aliphatic hydroxyl groups excluding tert-OH is 1. The number of aliphatic hydroxyl groups is 1. The van der Waals surface area contributed by atoms with Gasteiger partial charge in [0.2, 0.25) is 0 Å². The van der Waals surface area contributed by atoms with E-state index in [1.807, 2.05) is 19.9 Å². The van der Waals surface area contributed by atoms with Crippen LogP contribution in [0.15, 0.2) is 34.9 Å². The van der Waals surface area contributed by atoms with Crippen molar-refractivity contribution in [2.24, 2.45) is 0 Å². The second kappa shape index (κ2) is 5.80. The predicted molar refractivity (Wildman–Crippen MR) is 76.5 cm³/mol. The smallest absolute Gasteiger partial charge is 0.123 e. The summed E-state index contributed by atoms with van der Waals surface area (Å²) in [5, 5.41) is 10.3. The first kappa shape index (κ1) is 14.2. The quantitative estimate of drug-likeness (QED) is 0.929. The second-order valence-electron chi connectivity index (χ2n) is 4.67. The molecule has 0 radical (unpaired) electrons. The van der Waals surface area contributed by atoms with Crippen LogP contribution in [0.5, 0.6) is 0 Å². The summed E-state index contributed by atoms with van der Waals surface area (Å²) in [6.07, 6.45) is 1.32. The molecular formula is C15H15BrFNO. The van der Waals surface area contributed by atoms with Gasteiger partial charge < -0.3 is 5.11 Å². The maximum atomic E-state index is 13.2. The van der Waals surface area contributed by atoms with Gasteiger partial charge in [0, 0.05) is 17.1 Å².